The molecular weight excluding hydrogens is 400 g/mol. The molecule has 8 nitrogen and oxygen atoms in total. The summed E-state index contributed by atoms with van der Waals surface area (Å²) in [7, 11) is -0.679. The molecule has 2 rings (SSSR count). The van der Waals surface area contributed by atoms with E-state index in [0.717, 1.165) is 21.6 Å². The van der Waals surface area contributed by atoms with Gasteiger partial charge in [0.1, 0.15) is 4.90 Å². The molecule has 3 amide bonds. The molecule has 0 aliphatic carbocycles. The van der Waals surface area contributed by atoms with E-state index in [2.05, 4.69) is 15.6 Å². The van der Waals surface area contributed by atoms with Gasteiger partial charge in [0.05, 0.1) is 10.3 Å². The van der Waals surface area contributed by atoms with Gasteiger partial charge in [-0.2, -0.15) is 0 Å². The second kappa shape index (κ2) is 9.67. The Bertz CT molecular complexity index is 916. The quantitative estimate of drug-likeness (QED) is 0.659. The van der Waals surface area contributed by atoms with E-state index in [1.807, 2.05) is 30.3 Å². The number of rotatable bonds is 7. The first-order valence-corrected chi connectivity index (χ1v) is 10.7. The Balaban J connectivity index is 1.87. The van der Waals surface area contributed by atoms with Gasteiger partial charge in [-0.05, 0) is 24.6 Å². The standard InChI is InChI=1S/C18H22N4O4S2/c1-13(17(23)21-18(24)20-11-14-7-5-4-6-8-14)27-16-10-9-15(12-19-16)28(25,26)22(2)3/h4-10,12-13H,11H2,1-3H3,(H2,20,21,23,24)/t13-/m1/s1. The highest BCUT2D eigenvalue weighted by Gasteiger charge is 2.20. The number of nitrogens with one attached hydrogen (secondary N) is 2. The number of pyridine rings is 1. The van der Waals surface area contributed by atoms with Gasteiger partial charge < -0.3 is 5.32 Å². The third kappa shape index (κ3) is 6.04. The summed E-state index contributed by atoms with van der Waals surface area (Å²) in [5.74, 6) is -0.470. The maximum atomic E-state index is 12.2. The molecule has 0 saturated heterocycles. The molecule has 0 saturated carbocycles. The molecule has 1 aromatic carbocycles. The molecule has 1 atom stereocenters. The number of nitrogens with zero attached hydrogens (tertiary/aromatic N) is 2. The largest absolute Gasteiger partial charge is 0.334 e. The molecule has 0 aliphatic rings. The number of sulfonamides is 1. The number of carbonyl (C=O) groups is 2. The lowest BCUT2D eigenvalue weighted by molar-refractivity contribution is -0.119. The van der Waals surface area contributed by atoms with Gasteiger partial charge in [-0.25, -0.2) is 22.5 Å². The van der Waals surface area contributed by atoms with Crippen LogP contribution >= 0.6 is 11.8 Å². The van der Waals surface area contributed by atoms with Crippen LogP contribution < -0.4 is 10.6 Å². The molecule has 0 unspecified atom stereocenters. The molecule has 0 radical (unpaired) electrons. The molecule has 0 fully saturated rings. The lowest BCUT2D eigenvalue weighted by Crippen LogP contribution is -2.42. The minimum Gasteiger partial charge on any atom is -0.334 e. The second-order valence-electron chi connectivity index (χ2n) is 6.04. The van der Waals surface area contributed by atoms with Gasteiger partial charge in [0.25, 0.3) is 0 Å². The van der Waals surface area contributed by atoms with E-state index in [9.17, 15) is 18.0 Å². The van der Waals surface area contributed by atoms with Gasteiger partial charge in [-0.3, -0.25) is 10.1 Å². The van der Waals surface area contributed by atoms with Crippen LogP contribution in [0.5, 0.6) is 0 Å². The Kier molecular flexibility index (Phi) is 7.55. The van der Waals surface area contributed by atoms with Crippen molar-refractivity contribution < 1.29 is 18.0 Å². The topological polar surface area (TPSA) is 108 Å². The van der Waals surface area contributed by atoms with Crippen molar-refractivity contribution in [3.05, 3.63) is 54.2 Å². The van der Waals surface area contributed by atoms with Gasteiger partial charge in [0.15, 0.2) is 0 Å². The summed E-state index contributed by atoms with van der Waals surface area (Å²) in [5, 5.41) is 4.78. The number of hydrogen-bond donors (Lipinski definition) is 2. The SMILES string of the molecule is C[C@@H](Sc1ccc(S(=O)(=O)N(C)C)cn1)C(=O)NC(=O)NCc1ccccc1. The molecule has 1 heterocycles. The van der Waals surface area contributed by atoms with Crippen molar-refractivity contribution in [1.82, 2.24) is 19.9 Å². The van der Waals surface area contributed by atoms with E-state index >= 15 is 0 Å². The van der Waals surface area contributed by atoms with Gasteiger partial charge in [0.2, 0.25) is 15.9 Å². The lowest BCUT2D eigenvalue weighted by Gasteiger charge is -2.13. The zero-order valence-electron chi connectivity index (χ0n) is 15.7. The van der Waals surface area contributed by atoms with Crippen molar-refractivity contribution in [3.63, 3.8) is 0 Å². The minimum absolute atomic E-state index is 0.0687. The van der Waals surface area contributed by atoms with E-state index in [1.54, 1.807) is 6.92 Å². The summed E-state index contributed by atoms with van der Waals surface area (Å²) in [4.78, 5) is 28.2. The summed E-state index contributed by atoms with van der Waals surface area (Å²) >= 11 is 1.12. The molecule has 0 bridgehead atoms. The number of hydrogen-bond acceptors (Lipinski definition) is 6. The van der Waals surface area contributed by atoms with Crippen LogP contribution in [-0.2, 0) is 21.4 Å². The number of aromatic nitrogens is 1. The van der Waals surface area contributed by atoms with Crippen molar-refractivity contribution in [2.45, 2.75) is 28.6 Å². The maximum Gasteiger partial charge on any atom is 0.321 e. The van der Waals surface area contributed by atoms with Crippen LogP contribution in [0.3, 0.4) is 0 Å². The molecule has 0 spiro atoms. The number of amides is 3. The summed E-state index contributed by atoms with van der Waals surface area (Å²) in [6.07, 6.45) is 1.24. The minimum atomic E-state index is -3.55. The number of carbonyl (C=O) groups excluding carboxylic acids is 2. The van der Waals surface area contributed by atoms with Gasteiger partial charge >= 0.3 is 6.03 Å². The molecule has 2 N–H and O–H groups in total. The molecule has 0 aliphatic heterocycles. The summed E-state index contributed by atoms with van der Waals surface area (Å²) in [6.45, 7) is 1.95. The van der Waals surface area contributed by atoms with Crippen molar-refractivity contribution in [3.8, 4) is 0 Å². The predicted octanol–water partition coefficient (Wildman–Crippen LogP) is 1.84. The number of urea groups is 1. The third-order valence-electron chi connectivity index (χ3n) is 3.69. The lowest BCUT2D eigenvalue weighted by atomic mass is 10.2. The van der Waals surface area contributed by atoms with Crippen molar-refractivity contribution in [2.24, 2.45) is 0 Å². The molecular formula is C18H22N4O4S2. The molecule has 10 heteroatoms. The van der Waals surface area contributed by atoms with Crippen LogP contribution in [0.25, 0.3) is 0 Å². The first kappa shape index (κ1) is 21.9. The van der Waals surface area contributed by atoms with E-state index in [4.69, 9.17) is 0 Å². The predicted molar refractivity (Wildman–Crippen MR) is 107 cm³/mol. The van der Waals surface area contributed by atoms with Crippen molar-refractivity contribution >= 4 is 33.7 Å². The van der Waals surface area contributed by atoms with Gasteiger partial charge in [-0.1, -0.05) is 42.1 Å². The number of imide groups is 1. The average Bonchev–Trinajstić information content (AvgIpc) is 2.67. The van der Waals surface area contributed by atoms with Gasteiger partial charge in [-0.15, -0.1) is 0 Å². The smallest absolute Gasteiger partial charge is 0.321 e. The van der Waals surface area contributed by atoms with Crippen LogP contribution in [0.4, 0.5) is 4.79 Å². The number of benzene rings is 1. The average molecular weight is 423 g/mol. The first-order valence-electron chi connectivity index (χ1n) is 8.38. The zero-order chi connectivity index (χ0) is 20.7. The normalized spacial score (nSPS) is 12.4. The van der Waals surface area contributed by atoms with Crippen molar-refractivity contribution in [1.29, 1.82) is 0 Å². The highest BCUT2D eigenvalue weighted by atomic mass is 32.2. The second-order valence-corrected chi connectivity index (χ2v) is 9.55. The van der Waals surface area contributed by atoms with Crippen LogP contribution in [0.1, 0.15) is 12.5 Å². The third-order valence-corrected chi connectivity index (χ3v) is 6.54. The van der Waals surface area contributed by atoms with Crippen LogP contribution in [0.15, 0.2) is 58.6 Å². The monoisotopic (exact) mass is 422 g/mol. The summed E-state index contributed by atoms with van der Waals surface area (Å²) in [6, 6.07) is 11.7. The fraction of sp³-hybridized carbons (Fsp3) is 0.278. The van der Waals surface area contributed by atoms with Gasteiger partial charge in [0, 0.05) is 26.8 Å². The van der Waals surface area contributed by atoms with E-state index in [1.165, 1.54) is 32.4 Å². The Morgan fingerprint density at radius 3 is 2.39 bits per heavy atom. The van der Waals surface area contributed by atoms with E-state index in [0.29, 0.717) is 11.6 Å². The summed E-state index contributed by atoms with van der Waals surface area (Å²) in [5.41, 5.74) is 0.921. The fourth-order valence-electron chi connectivity index (χ4n) is 2.07. The van der Waals surface area contributed by atoms with E-state index in [-0.39, 0.29) is 4.90 Å². The maximum absolute atomic E-state index is 12.2. The van der Waals surface area contributed by atoms with E-state index < -0.39 is 27.2 Å². The van der Waals surface area contributed by atoms with Crippen LogP contribution in [-0.4, -0.2) is 49.0 Å². The molecule has 150 valence electrons. The molecule has 28 heavy (non-hydrogen) atoms. The highest BCUT2D eigenvalue weighted by molar-refractivity contribution is 8.00. The van der Waals surface area contributed by atoms with Crippen molar-refractivity contribution in [2.75, 3.05) is 14.1 Å². The Labute approximate surface area is 168 Å². The Morgan fingerprint density at radius 2 is 1.82 bits per heavy atom. The summed E-state index contributed by atoms with van der Waals surface area (Å²) < 4.78 is 25.2. The Morgan fingerprint density at radius 1 is 1.14 bits per heavy atom. The highest BCUT2D eigenvalue weighted by Crippen LogP contribution is 2.22. The molecule has 2 aromatic rings. The first-order chi connectivity index (χ1) is 13.2. The Hall–Kier alpha value is -2.43. The number of thioether (sulfide) groups is 1. The van der Waals surface area contributed by atoms with Crippen LogP contribution in [0.2, 0.25) is 0 Å². The van der Waals surface area contributed by atoms with Crippen LogP contribution in [0, 0.1) is 0 Å². The molecule has 1 aromatic heterocycles. The fourth-order valence-corrected chi connectivity index (χ4v) is 3.71. The zero-order valence-corrected chi connectivity index (χ0v) is 17.4.